The van der Waals surface area contributed by atoms with Crippen LogP contribution in [0.3, 0.4) is 0 Å². The molecule has 0 heterocycles. The van der Waals surface area contributed by atoms with Gasteiger partial charge in [-0.25, -0.2) is 0 Å². The first kappa shape index (κ1) is 12.7. The first-order chi connectivity index (χ1) is 8.81. The van der Waals surface area contributed by atoms with Gasteiger partial charge in [0.1, 0.15) is 0 Å². The van der Waals surface area contributed by atoms with E-state index in [1.807, 2.05) is 55.5 Å². The molecule has 92 valence electrons. The molecule has 3 heteroatoms. The number of nitrogens with zero attached hydrogens (tertiary/aromatic N) is 1. The fourth-order valence-electron chi connectivity index (χ4n) is 1.74. The van der Waals surface area contributed by atoms with Crippen LogP contribution >= 0.6 is 11.8 Å². The van der Waals surface area contributed by atoms with Gasteiger partial charge >= 0.3 is 0 Å². The van der Waals surface area contributed by atoms with E-state index >= 15 is 0 Å². The molecule has 2 aromatic rings. The van der Waals surface area contributed by atoms with Crippen LogP contribution in [-0.4, -0.2) is 16.2 Å². The largest absolute Gasteiger partial charge is 0.411 e. The van der Waals surface area contributed by atoms with Crippen LogP contribution in [0.2, 0.25) is 0 Å². The quantitative estimate of drug-likeness (QED) is 0.388. The summed E-state index contributed by atoms with van der Waals surface area (Å²) in [5, 5.41) is 12.7. The number of oxime groups is 1. The van der Waals surface area contributed by atoms with Crippen molar-refractivity contribution >= 4 is 17.5 Å². The Balaban J connectivity index is 2.15. The van der Waals surface area contributed by atoms with Crippen LogP contribution in [0.4, 0.5) is 0 Å². The molecule has 0 bridgehead atoms. The molecule has 0 aromatic heterocycles. The van der Waals surface area contributed by atoms with E-state index in [-0.39, 0.29) is 5.25 Å². The molecular weight excluding hydrogens is 242 g/mol. The molecule has 1 atom stereocenters. The molecule has 2 nitrogen and oxygen atoms in total. The van der Waals surface area contributed by atoms with Crippen molar-refractivity contribution in [2.45, 2.75) is 17.1 Å². The van der Waals surface area contributed by atoms with Gasteiger partial charge in [-0.15, -0.1) is 11.8 Å². The standard InChI is InChI=1S/C15H15NOS/c1-12(18-14-10-6-3-7-11-14)15(16-17)13-8-4-2-5-9-13/h2-12,17H,1H3/b16-15-. The second-order valence-corrected chi connectivity index (χ2v) is 5.34. The Morgan fingerprint density at radius 2 is 1.56 bits per heavy atom. The van der Waals surface area contributed by atoms with Gasteiger partial charge in [0, 0.05) is 10.5 Å². The van der Waals surface area contributed by atoms with Crippen LogP contribution in [0.25, 0.3) is 0 Å². The van der Waals surface area contributed by atoms with Gasteiger partial charge in [0.25, 0.3) is 0 Å². The third-order valence-corrected chi connectivity index (χ3v) is 3.74. The Hall–Kier alpha value is -1.74. The van der Waals surface area contributed by atoms with Crippen molar-refractivity contribution in [3.05, 3.63) is 66.2 Å². The van der Waals surface area contributed by atoms with Crippen molar-refractivity contribution in [1.29, 1.82) is 0 Å². The van der Waals surface area contributed by atoms with Crippen LogP contribution in [-0.2, 0) is 0 Å². The molecule has 0 radical (unpaired) electrons. The Bertz CT molecular complexity index is 511. The SMILES string of the molecule is CC(Sc1ccccc1)/C(=N/O)c1ccccc1. The average molecular weight is 257 g/mol. The smallest absolute Gasteiger partial charge is 0.0998 e. The van der Waals surface area contributed by atoms with E-state index in [1.165, 1.54) is 4.90 Å². The lowest BCUT2D eigenvalue weighted by atomic mass is 10.1. The van der Waals surface area contributed by atoms with Gasteiger partial charge in [-0.05, 0) is 19.1 Å². The Labute approximate surface area is 111 Å². The van der Waals surface area contributed by atoms with E-state index in [0.717, 1.165) is 5.56 Å². The highest BCUT2D eigenvalue weighted by molar-refractivity contribution is 8.00. The van der Waals surface area contributed by atoms with Gasteiger partial charge in [-0.3, -0.25) is 0 Å². The van der Waals surface area contributed by atoms with E-state index in [2.05, 4.69) is 17.3 Å². The van der Waals surface area contributed by atoms with Gasteiger partial charge in [0.2, 0.25) is 0 Å². The topological polar surface area (TPSA) is 32.6 Å². The summed E-state index contributed by atoms with van der Waals surface area (Å²) in [7, 11) is 0. The number of benzene rings is 2. The molecule has 1 N–H and O–H groups in total. The Kier molecular flexibility index (Phi) is 4.42. The van der Waals surface area contributed by atoms with Crippen LogP contribution < -0.4 is 0 Å². The molecule has 0 fully saturated rings. The zero-order valence-corrected chi connectivity index (χ0v) is 11.0. The van der Waals surface area contributed by atoms with Crippen molar-refractivity contribution in [2.24, 2.45) is 5.16 Å². The zero-order valence-electron chi connectivity index (χ0n) is 10.2. The predicted octanol–water partition coefficient (Wildman–Crippen LogP) is 4.05. The maximum absolute atomic E-state index is 9.20. The summed E-state index contributed by atoms with van der Waals surface area (Å²) in [6.45, 7) is 2.04. The average Bonchev–Trinajstić information content (AvgIpc) is 2.42. The lowest BCUT2D eigenvalue weighted by Gasteiger charge is -2.13. The highest BCUT2D eigenvalue weighted by Gasteiger charge is 2.14. The summed E-state index contributed by atoms with van der Waals surface area (Å²) in [5.41, 5.74) is 1.65. The Morgan fingerprint density at radius 1 is 1.00 bits per heavy atom. The minimum atomic E-state index is 0.0970. The summed E-state index contributed by atoms with van der Waals surface area (Å²) in [4.78, 5) is 1.17. The zero-order chi connectivity index (χ0) is 12.8. The summed E-state index contributed by atoms with van der Waals surface area (Å²) < 4.78 is 0. The molecule has 1 unspecified atom stereocenters. The van der Waals surface area contributed by atoms with Crippen molar-refractivity contribution in [1.82, 2.24) is 0 Å². The second kappa shape index (κ2) is 6.26. The minimum Gasteiger partial charge on any atom is -0.411 e. The normalized spacial score (nSPS) is 13.3. The van der Waals surface area contributed by atoms with E-state index in [1.54, 1.807) is 11.8 Å². The summed E-state index contributed by atoms with van der Waals surface area (Å²) >= 11 is 1.68. The van der Waals surface area contributed by atoms with Gasteiger partial charge in [0.15, 0.2) is 0 Å². The molecule has 0 saturated heterocycles. The maximum Gasteiger partial charge on any atom is 0.0998 e. The lowest BCUT2D eigenvalue weighted by Crippen LogP contribution is -2.14. The summed E-state index contributed by atoms with van der Waals surface area (Å²) in [6, 6.07) is 19.9. The third kappa shape index (κ3) is 3.14. The molecule has 2 aromatic carbocycles. The molecule has 0 spiro atoms. The van der Waals surface area contributed by atoms with Crippen LogP contribution in [0.15, 0.2) is 70.7 Å². The Morgan fingerprint density at radius 3 is 2.11 bits per heavy atom. The lowest BCUT2D eigenvalue weighted by molar-refractivity contribution is 0.318. The molecule has 18 heavy (non-hydrogen) atoms. The van der Waals surface area contributed by atoms with Gasteiger partial charge < -0.3 is 5.21 Å². The van der Waals surface area contributed by atoms with Crippen molar-refractivity contribution in [2.75, 3.05) is 0 Å². The molecule has 0 amide bonds. The first-order valence-corrected chi connectivity index (χ1v) is 6.68. The summed E-state index contributed by atoms with van der Waals surface area (Å²) in [6.07, 6.45) is 0. The fraction of sp³-hybridized carbons (Fsp3) is 0.133. The maximum atomic E-state index is 9.20. The van der Waals surface area contributed by atoms with Crippen LogP contribution in [0.1, 0.15) is 12.5 Å². The van der Waals surface area contributed by atoms with Gasteiger partial charge in [-0.1, -0.05) is 53.7 Å². The molecule has 2 rings (SSSR count). The second-order valence-electron chi connectivity index (χ2n) is 3.92. The highest BCUT2D eigenvalue weighted by Crippen LogP contribution is 2.25. The van der Waals surface area contributed by atoms with Gasteiger partial charge in [-0.2, -0.15) is 0 Å². The van der Waals surface area contributed by atoms with Crippen molar-refractivity contribution in [3.8, 4) is 0 Å². The van der Waals surface area contributed by atoms with E-state index in [4.69, 9.17) is 0 Å². The summed E-state index contributed by atoms with van der Waals surface area (Å²) in [5.74, 6) is 0. The number of hydrogen-bond acceptors (Lipinski definition) is 3. The number of thioether (sulfide) groups is 1. The molecule has 0 aliphatic heterocycles. The highest BCUT2D eigenvalue weighted by atomic mass is 32.2. The number of rotatable bonds is 4. The van der Waals surface area contributed by atoms with E-state index in [0.29, 0.717) is 5.71 Å². The first-order valence-electron chi connectivity index (χ1n) is 5.80. The molecule has 0 aliphatic carbocycles. The monoisotopic (exact) mass is 257 g/mol. The molecule has 0 saturated carbocycles. The fourth-order valence-corrected chi connectivity index (χ4v) is 2.76. The van der Waals surface area contributed by atoms with E-state index < -0.39 is 0 Å². The van der Waals surface area contributed by atoms with Gasteiger partial charge in [0.05, 0.1) is 11.0 Å². The minimum absolute atomic E-state index is 0.0970. The van der Waals surface area contributed by atoms with Crippen molar-refractivity contribution in [3.63, 3.8) is 0 Å². The molecule has 0 aliphatic rings. The van der Waals surface area contributed by atoms with Crippen LogP contribution in [0.5, 0.6) is 0 Å². The number of hydrogen-bond donors (Lipinski definition) is 1. The molecular formula is C15H15NOS. The van der Waals surface area contributed by atoms with E-state index in [9.17, 15) is 5.21 Å². The van der Waals surface area contributed by atoms with Crippen LogP contribution in [0, 0.1) is 0 Å². The van der Waals surface area contributed by atoms with Crippen molar-refractivity contribution < 1.29 is 5.21 Å². The third-order valence-electron chi connectivity index (χ3n) is 2.62. The predicted molar refractivity (Wildman–Crippen MR) is 76.5 cm³/mol.